The number of para-hydroxylation sites is 1. The van der Waals surface area contributed by atoms with E-state index in [1.165, 1.54) is 25.6 Å². The predicted octanol–water partition coefficient (Wildman–Crippen LogP) is -0.909. The van der Waals surface area contributed by atoms with Gasteiger partial charge >= 0.3 is 5.97 Å². The summed E-state index contributed by atoms with van der Waals surface area (Å²) in [7, 11) is 0. The molecule has 1 aromatic heterocycles. The van der Waals surface area contributed by atoms with Gasteiger partial charge in [-0.25, -0.2) is 4.79 Å². The lowest BCUT2D eigenvalue weighted by Gasteiger charge is -2.27. The molecule has 0 aliphatic carbocycles. The van der Waals surface area contributed by atoms with Crippen molar-refractivity contribution < 1.29 is 34.5 Å². The molecule has 6 atom stereocenters. The number of hydrogen-bond donors (Lipinski definition) is 8. The summed E-state index contributed by atoms with van der Waals surface area (Å²) in [5.74, 6) is -3.28. The van der Waals surface area contributed by atoms with Gasteiger partial charge in [0.05, 0.1) is 18.2 Å². The number of carbonyl (C=O) groups is 4. The number of rotatable bonds is 14. The van der Waals surface area contributed by atoms with Crippen LogP contribution in [0.1, 0.15) is 25.8 Å². The lowest BCUT2D eigenvalue weighted by Crippen LogP contribution is -2.61. The van der Waals surface area contributed by atoms with Crippen molar-refractivity contribution in [2.24, 2.45) is 5.73 Å². The van der Waals surface area contributed by atoms with Crippen molar-refractivity contribution in [2.45, 2.75) is 63.1 Å². The van der Waals surface area contributed by atoms with E-state index >= 15 is 0 Å². The highest BCUT2D eigenvalue weighted by atomic mass is 32.2. The van der Waals surface area contributed by atoms with Crippen molar-refractivity contribution in [1.82, 2.24) is 20.9 Å². The van der Waals surface area contributed by atoms with Gasteiger partial charge in [-0.1, -0.05) is 18.2 Å². The van der Waals surface area contributed by atoms with Crippen LogP contribution in [0, 0.1) is 0 Å². The molecular formula is C24H35N5O7S. The van der Waals surface area contributed by atoms with E-state index in [2.05, 4.69) is 20.9 Å². The number of H-pyrrole nitrogens is 1. The van der Waals surface area contributed by atoms with Crippen molar-refractivity contribution in [1.29, 1.82) is 0 Å². The minimum atomic E-state index is -1.64. The van der Waals surface area contributed by atoms with Crippen molar-refractivity contribution in [3.63, 3.8) is 0 Å². The monoisotopic (exact) mass is 537 g/mol. The van der Waals surface area contributed by atoms with E-state index in [1.807, 2.05) is 30.5 Å². The van der Waals surface area contributed by atoms with Crippen molar-refractivity contribution in [3.05, 3.63) is 36.0 Å². The highest BCUT2D eigenvalue weighted by Gasteiger charge is 2.34. The second kappa shape index (κ2) is 14.0. The molecule has 0 aliphatic rings. The molecule has 0 aliphatic heterocycles. The maximum Gasteiger partial charge on any atom is 0.328 e. The van der Waals surface area contributed by atoms with Gasteiger partial charge in [0.15, 0.2) is 6.04 Å². The maximum atomic E-state index is 13.0. The number of aromatic amines is 1. The van der Waals surface area contributed by atoms with Crippen LogP contribution in [0.25, 0.3) is 10.9 Å². The Hall–Kier alpha value is -3.13. The Bertz CT molecular complexity index is 1090. The zero-order valence-electron chi connectivity index (χ0n) is 20.9. The summed E-state index contributed by atoms with van der Waals surface area (Å²) in [4.78, 5) is 53.0. The molecule has 13 heteroatoms. The third kappa shape index (κ3) is 8.45. The highest BCUT2D eigenvalue weighted by molar-refractivity contribution is 7.98. The number of thioether (sulfide) groups is 1. The SMILES string of the molecule is CSCCC(NC(=O)C(N)Cc1c[nH]c2ccccc12)C(=O)NC(C(=O)NC(C(=O)O)C(C)O)C(C)O. The average molecular weight is 538 g/mol. The number of carboxylic acid groups (broad SMARTS) is 1. The van der Waals surface area contributed by atoms with E-state index in [0.717, 1.165) is 16.5 Å². The van der Waals surface area contributed by atoms with Gasteiger partial charge in [0.2, 0.25) is 17.7 Å². The number of nitrogens with two attached hydrogens (primary N) is 1. The van der Waals surface area contributed by atoms with Crippen molar-refractivity contribution in [3.8, 4) is 0 Å². The van der Waals surface area contributed by atoms with Crippen LogP contribution in [0.5, 0.6) is 0 Å². The van der Waals surface area contributed by atoms with Crippen LogP contribution >= 0.6 is 11.8 Å². The van der Waals surface area contributed by atoms with Crippen LogP contribution in [0.15, 0.2) is 30.5 Å². The Morgan fingerprint density at radius 1 is 0.973 bits per heavy atom. The average Bonchev–Trinajstić information content (AvgIpc) is 3.25. The number of benzene rings is 1. The second-order valence-electron chi connectivity index (χ2n) is 8.80. The number of amides is 3. The number of aliphatic carboxylic acids is 1. The summed E-state index contributed by atoms with van der Waals surface area (Å²) < 4.78 is 0. The molecule has 0 fully saturated rings. The number of nitrogens with one attached hydrogen (secondary N) is 4. The first-order valence-corrected chi connectivity index (χ1v) is 13.1. The van der Waals surface area contributed by atoms with E-state index in [9.17, 15) is 34.5 Å². The fraction of sp³-hybridized carbons (Fsp3) is 0.500. The Balaban J connectivity index is 2.10. The summed E-state index contributed by atoms with van der Waals surface area (Å²) in [6.07, 6.45) is 1.24. The summed E-state index contributed by atoms with van der Waals surface area (Å²) in [5.41, 5.74) is 7.89. The smallest absolute Gasteiger partial charge is 0.328 e. The standard InChI is InChI=1S/C24H35N5O7S/c1-12(30)19(23(34)29-20(13(2)31)24(35)36)28-22(33)18(8-9-37-3)27-21(32)16(25)10-14-11-26-17-7-5-4-6-15(14)17/h4-7,11-13,16,18-20,26,30-31H,8-10,25H2,1-3H3,(H,27,32)(H,28,33)(H,29,34)(H,35,36). The summed E-state index contributed by atoms with van der Waals surface area (Å²) in [6, 6.07) is 2.40. The molecule has 3 amide bonds. The first kappa shape index (κ1) is 30.1. The maximum absolute atomic E-state index is 13.0. The van der Waals surface area contributed by atoms with Crippen LogP contribution in [-0.4, -0.2) is 92.4 Å². The minimum absolute atomic E-state index is 0.220. The molecular weight excluding hydrogens is 502 g/mol. The quantitative estimate of drug-likeness (QED) is 0.150. The molecule has 0 saturated carbocycles. The number of aliphatic hydroxyl groups excluding tert-OH is 2. The predicted molar refractivity (Wildman–Crippen MR) is 140 cm³/mol. The van der Waals surface area contributed by atoms with Crippen molar-refractivity contribution >= 4 is 46.4 Å². The van der Waals surface area contributed by atoms with E-state index in [0.29, 0.717) is 5.75 Å². The molecule has 0 radical (unpaired) electrons. The highest BCUT2D eigenvalue weighted by Crippen LogP contribution is 2.19. The van der Waals surface area contributed by atoms with E-state index < -0.39 is 60.1 Å². The Kier molecular flexibility index (Phi) is 11.4. The summed E-state index contributed by atoms with van der Waals surface area (Å²) in [5, 5.41) is 36.9. The van der Waals surface area contributed by atoms with Gasteiger partial charge in [-0.3, -0.25) is 14.4 Å². The topological polar surface area (TPSA) is 207 Å². The number of aliphatic hydroxyl groups is 2. The van der Waals surface area contributed by atoms with Gasteiger partial charge in [-0.15, -0.1) is 0 Å². The Morgan fingerprint density at radius 3 is 2.19 bits per heavy atom. The molecule has 0 saturated heterocycles. The van der Waals surface area contributed by atoms with Crippen molar-refractivity contribution in [2.75, 3.05) is 12.0 Å². The Labute approximate surface area is 218 Å². The first-order chi connectivity index (χ1) is 17.5. The lowest BCUT2D eigenvalue weighted by atomic mass is 10.0. The fourth-order valence-corrected chi connectivity index (χ4v) is 4.18. The number of carboxylic acids is 1. The van der Waals surface area contributed by atoms with Gasteiger partial charge in [-0.2, -0.15) is 11.8 Å². The normalized spacial score (nSPS) is 16.2. The molecule has 12 nitrogen and oxygen atoms in total. The number of hydrogen-bond acceptors (Lipinski definition) is 8. The van der Waals surface area contributed by atoms with Gasteiger partial charge in [0.25, 0.3) is 0 Å². The third-order valence-corrected chi connectivity index (χ3v) is 6.45. The zero-order chi connectivity index (χ0) is 27.7. The molecule has 204 valence electrons. The number of carbonyl (C=O) groups excluding carboxylic acids is 3. The molecule has 1 heterocycles. The summed E-state index contributed by atoms with van der Waals surface area (Å²) >= 11 is 1.45. The van der Waals surface area contributed by atoms with E-state index in [1.54, 1.807) is 6.20 Å². The molecule has 37 heavy (non-hydrogen) atoms. The first-order valence-electron chi connectivity index (χ1n) is 11.8. The van der Waals surface area contributed by atoms with Crippen LogP contribution in [0.4, 0.5) is 0 Å². The van der Waals surface area contributed by atoms with Gasteiger partial charge in [0.1, 0.15) is 12.1 Å². The minimum Gasteiger partial charge on any atom is -0.480 e. The van der Waals surface area contributed by atoms with E-state index in [-0.39, 0.29) is 12.8 Å². The van der Waals surface area contributed by atoms with Crippen LogP contribution in [0.3, 0.4) is 0 Å². The Morgan fingerprint density at radius 2 is 1.59 bits per heavy atom. The molecule has 0 spiro atoms. The lowest BCUT2D eigenvalue weighted by molar-refractivity contribution is -0.146. The zero-order valence-corrected chi connectivity index (χ0v) is 21.7. The van der Waals surface area contributed by atoms with Gasteiger partial charge in [-0.05, 0) is 50.3 Å². The molecule has 9 N–H and O–H groups in total. The van der Waals surface area contributed by atoms with Crippen LogP contribution < -0.4 is 21.7 Å². The van der Waals surface area contributed by atoms with Gasteiger partial charge in [0, 0.05) is 17.1 Å². The number of aromatic nitrogens is 1. The second-order valence-corrected chi connectivity index (χ2v) is 9.79. The van der Waals surface area contributed by atoms with Gasteiger partial charge < -0.3 is 42.0 Å². The van der Waals surface area contributed by atoms with Crippen LogP contribution in [0.2, 0.25) is 0 Å². The third-order valence-electron chi connectivity index (χ3n) is 5.80. The van der Waals surface area contributed by atoms with E-state index in [4.69, 9.17) is 5.73 Å². The number of fused-ring (bicyclic) bond motifs is 1. The largest absolute Gasteiger partial charge is 0.480 e. The van der Waals surface area contributed by atoms with Crippen LogP contribution in [-0.2, 0) is 25.6 Å². The summed E-state index contributed by atoms with van der Waals surface area (Å²) in [6.45, 7) is 2.43. The molecule has 1 aromatic carbocycles. The molecule has 2 aromatic rings. The fourth-order valence-electron chi connectivity index (χ4n) is 3.70. The molecule has 2 rings (SSSR count). The molecule has 6 unspecified atom stereocenters. The molecule has 0 bridgehead atoms.